The molecule has 2 saturated carbocycles. The first-order valence-electron chi connectivity index (χ1n) is 9.64. The molecule has 0 amide bonds. The van der Waals surface area contributed by atoms with E-state index in [9.17, 15) is 13.6 Å². The van der Waals surface area contributed by atoms with E-state index in [-0.39, 0.29) is 24.4 Å². The maximum Gasteiger partial charge on any atom is 0.261 e. The minimum atomic E-state index is -2.57. The van der Waals surface area contributed by atoms with Crippen LogP contribution in [0.15, 0.2) is 28.0 Å². The van der Waals surface area contributed by atoms with E-state index in [1.54, 1.807) is 10.9 Å². The van der Waals surface area contributed by atoms with Crippen LogP contribution in [0.1, 0.15) is 68.5 Å². The van der Waals surface area contributed by atoms with Crippen LogP contribution in [0.25, 0.3) is 11.0 Å². The summed E-state index contributed by atoms with van der Waals surface area (Å²) in [5, 5.41) is 4.51. The molecule has 2 aliphatic carbocycles. The lowest BCUT2D eigenvalue weighted by Crippen LogP contribution is -2.27. The number of aromatic amines is 1. The minimum absolute atomic E-state index is 0.101. The van der Waals surface area contributed by atoms with E-state index in [4.69, 9.17) is 4.42 Å². The number of halogens is 2. The van der Waals surface area contributed by atoms with Crippen LogP contribution in [0.2, 0.25) is 0 Å². The first-order chi connectivity index (χ1) is 13.4. The molecule has 2 fully saturated rings. The number of aryl methyl sites for hydroxylation is 1. The minimum Gasteiger partial charge on any atom is -0.448 e. The predicted octanol–water partition coefficient (Wildman–Crippen LogP) is 4.12. The summed E-state index contributed by atoms with van der Waals surface area (Å²) in [6.45, 7) is 1.96. The molecular weight excluding hydrogens is 368 g/mol. The van der Waals surface area contributed by atoms with Gasteiger partial charge >= 0.3 is 0 Å². The number of aromatic nitrogens is 5. The average Bonchev–Trinajstić information content (AvgIpc) is 3.22. The number of nitrogens with zero attached hydrogens (tertiary/aromatic N) is 4. The van der Waals surface area contributed by atoms with Gasteiger partial charge in [0.2, 0.25) is 5.92 Å². The third-order valence-corrected chi connectivity index (χ3v) is 5.52. The second-order valence-electron chi connectivity index (χ2n) is 7.60. The summed E-state index contributed by atoms with van der Waals surface area (Å²) in [4.78, 5) is 22.3. The Labute approximate surface area is 160 Å². The maximum absolute atomic E-state index is 13.1. The molecular formula is C19H23F2N5O2. The highest BCUT2D eigenvalue weighted by molar-refractivity contribution is 5.72. The topological polar surface area (TPSA) is 89.6 Å². The van der Waals surface area contributed by atoms with E-state index in [1.807, 2.05) is 6.92 Å². The Hall–Kier alpha value is -2.58. The molecule has 0 aliphatic heterocycles. The molecule has 9 heteroatoms. The lowest BCUT2D eigenvalue weighted by atomic mass is 9.85. The van der Waals surface area contributed by atoms with Crippen molar-refractivity contribution in [3.8, 4) is 0 Å². The second kappa shape index (κ2) is 7.44. The molecule has 3 aromatic heterocycles. The van der Waals surface area contributed by atoms with Gasteiger partial charge in [-0.15, -0.1) is 0 Å². The van der Waals surface area contributed by atoms with Crippen LogP contribution in [0.3, 0.4) is 0 Å². The summed E-state index contributed by atoms with van der Waals surface area (Å²) < 4.78 is 33.0. The fraction of sp³-hybridized carbons (Fsp3) is 0.579. The van der Waals surface area contributed by atoms with Crippen LogP contribution in [0.5, 0.6) is 0 Å². The zero-order valence-electron chi connectivity index (χ0n) is 15.7. The van der Waals surface area contributed by atoms with Crippen molar-refractivity contribution < 1.29 is 13.2 Å². The monoisotopic (exact) mass is 391 g/mol. The van der Waals surface area contributed by atoms with Crippen molar-refractivity contribution in [1.82, 2.24) is 24.7 Å². The average molecular weight is 391 g/mol. The molecule has 0 atom stereocenters. The van der Waals surface area contributed by atoms with Crippen molar-refractivity contribution in [3.05, 3.63) is 40.7 Å². The first-order valence-corrected chi connectivity index (χ1v) is 9.64. The zero-order valence-corrected chi connectivity index (χ0v) is 15.7. The van der Waals surface area contributed by atoms with Gasteiger partial charge in [-0.2, -0.15) is 5.10 Å². The molecule has 1 N–H and O–H groups in total. The van der Waals surface area contributed by atoms with Crippen LogP contribution in [0.4, 0.5) is 8.78 Å². The Kier molecular flexibility index (Phi) is 4.99. The predicted molar refractivity (Wildman–Crippen MR) is 98.4 cm³/mol. The molecule has 3 aromatic rings. The molecule has 0 aromatic carbocycles. The van der Waals surface area contributed by atoms with Gasteiger partial charge in [0, 0.05) is 18.8 Å². The molecule has 5 rings (SSSR count). The molecule has 0 radical (unpaired) electrons. The van der Waals surface area contributed by atoms with Gasteiger partial charge in [0.15, 0.2) is 11.5 Å². The van der Waals surface area contributed by atoms with Gasteiger partial charge in [0.1, 0.15) is 11.6 Å². The molecule has 3 heterocycles. The van der Waals surface area contributed by atoms with Gasteiger partial charge in [-0.05, 0) is 32.6 Å². The van der Waals surface area contributed by atoms with Crippen LogP contribution in [0, 0.1) is 6.92 Å². The number of fused-ring (bicyclic) bond motifs is 1. The zero-order chi connectivity index (χ0) is 19.7. The number of oxazole rings is 1. The fourth-order valence-electron chi connectivity index (χ4n) is 3.63. The van der Waals surface area contributed by atoms with Gasteiger partial charge < -0.3 is 9.40 Å². The summed E-state index contributed by atoms with van der Waals surface area (Å²) in [6.07, 6.45) is 8.79. The standard InChI is InChI=1S/C11H12F2N4O.C8H11NO/c12-11(13)3-1-7(2-4-11)17-9-8(5-16-17)10(18)15-6-14-9;1-6-5-10-8(9-6)7-3-2-4-7/h5-7H,1-4H2,(H,14,15,18);5,7H,2-4H2,1H3. The third kappa shape index (κ3) is 3.83. The van der Waals surface area contributed by atoms with Crippen LogP contribution in [-0.2, 0) is 0 Å². The number of hydrogen-bond donors (Lipinski definition) is 1. The van der Waals surface area contributed by atoms with Crippen molar-refractivity contribution in [3.63, 3.8) is 0 Å². The van der Waals surface area contributed by atoms with E-state index >= 15 is 0 Å². The number of H-pyrrole nitrogens is 1. The van der Waals surface area contributed by atoms with Gasteiger partial charge in [0.05, 0.1) is 24.3 Å². The highest BCUT2D eigenvalue weighted by atomic mass is 19.3. The van der Waals surface area contributed by atoms with E-state index in [2.05, 4.69) is 20.1 Å². The Morgan fingerprint density at radius 2 is 2.00 bits per heavy atom. The van der Waals surface area contributed by atoms with Crippen molar-refractivity contribution in [2.75, 3.05) is 0 Å². The highest BCUT2D eigenvalue weighted by Crippen LogP contribution is 2.38. The smallest absolute Gasteiger partial charge is 0.261 e. The van der Waals surface area contributed by atoms with Crippen LogP contribution >= 0.6 is 0 Å². The number of alkyl halides is 2. The molecule has 28 heavy (non-hydrogen) atoms. The van der Waals surface area contributed by atoms with Crippen molar-refractivity contribution >= 4 is 11.0 Å². The van der Waals surface area contributed by atoms with Gasteiger partial charge in [-0.3, -0.25) is 4.79 Å². The Morgan fingerprint density at radius 1 is 1.25 bits per heavy atom. The summed E-state index contributed by atoms with van der Waals surface area (Å²) in [6, 6.07) is -0.101. The molecule has 0 bridgehead atoms. The molecule has 0 spiro atoms. The Morgan fingerprint density at radius 3 is 2.61 bits per heavy atom. The summed E-state index contributed by atoms with van der Waals surface area (Å²) in [5.74, 6) is -0.984. The highest BCUT2D eigenvalue weighted by Gasteiger charge is 2.36. The molecule has 7 nitrogen and oxygen atoms in total. The maximum atomic E-state index is 13.1. The van der Waals surface area contributed by atoms with Gasteiger partial charge in [-0.25, -0.2) is 23.4 Å². The Balaban J connectivity index is 0.000000162. The van der Waals surface area contributed by atoms with E-state index in [0.717, 1.165) is 11.6 Å². The van der Waals surface area contributed by atoms with Crippen molar-refractivity contribution in [2.24, 2.45) is 0 Å². The van der Waals surface area contributed by atoms with Crippen LogP contribution < -0.4 is 5.56 Å². The van der Waals surface area contributed by atoms with Gasteiger partial charge in [-0.1, -0.05) is 6.42 Å². The number of rotatable bonds is 2. The van der Waals surface area contributed by atoms with Gasteiger partial charge in [0.25, 0.3) is 5.56 Å². The Bertz CT molecular complexity index is 995. The normalized spacial score (nSPS) is 19.8. The lowest BCUT2D eigenvalue weighted by Gasteiger charge is -2.28. The number of nitrogens with one attached hydrogen (secondary N) is 1. The third-order valence-electron chi connectivity index (χ3n) is 5.52. The van der Waals surface area contributed by atoms with Crippen molar-refractivity contribution in [2.45, 2.75) is 69.8 Å². The largest absolute Gasteiger partial charge is 0.448 e. The summed E-state index contributed by atoms with van der Waals surface area (Å²) in [7, 11) is 0. The fourth-order valence-corrected chi connectivity index (χ4v) is 3.63. The summed E-state index contributed by atoms with van der Waals surface area (Å²) in [5.41, 5.74) is 1.21. The second-order valence-corrected chi connectivity index (χ2v) is 7.60. The first kappa shape index (κ1) is 18.8. The van der Waals surface area contributed by atoms with E-state index in [0.29, 0.717) is 29.8 Å². The summed E-state index contributed by atoms with van der Waals surface area (Å²) >= 11 is 0. The molecule has 0 saturated heterocycles. The molecule has 0 unspecified atom stereocenters. The van der Waals surface area contributed by atoms with E-state index in [1.165, 1.54) is 31.8 Å². The SMILES string of the molecule is Cc1coc(C2CCC2)n1.O=c1[nH]cnc2c1cnn2C1CCC(F)(F)CC1. The van der Waals surface area contributed by atoms with Crippen molar-refractivity contribution in [1.29, 1.82) is 0 Å². The lowest BCUT2D eigenvalue weighted by molar-refractivity contribution is -0.0446. The number of hydrogen-bond acceptors (Lipinski definition) is 5. The van der Waals surface area contributed by atoms with E-state index < -0.39 is 5.92 Å². The quantitative estimate of drug-likeness (QED) is 0.710. The van der Waals surface area contributed by atoms with Crippen LogP contribution in [-0.4, -0.2) is 30.7 Å². The molecule has 2 aliphatic rings. The molecule has 150 valence electrons.